The summed E-state index contributed by atoms with van der Waals surface area (Å²) in [5.41, 5.74) is 3.92. The van der Waals surface area contributed by atoms with Crippen LogP contribution in [-0.2, 0) is 19.9 Å². The fraction of sp³-hybridized carbons (Fsp3) is 0.357. The highest BCUT2D eigenvalue weighted by molar-refractivity contribution is 5.53. The molecule has 1 aliphatic heterocycles. The molecule has 0 amide bonds. The second-order valence-corrected chi connectivity index (χ2v) is 4.79. The zero-order valence-corrected chi connectivity index (χ0v) is 10.1. The van der Waals surface area contributed by atoms with Crippen molar-refractivity contribution in [2.24, 2.45) is 13.0 Å². The number of nitrogens with zero attached hydrogens (tertiary/aromatic N) is 2. The lowest BCUT2D eigenvalue weighted by atomic mass is 9.90. The Hall–Kier alpha value is -1.77. The first-order chi connectivity index (χ1) is 8.31. The summed E-state index contributed by atoms with van der Waals surface area (Å²) in [6.45, 7) is 1.05. The lowest BCUT2D eigenvalue weighted by Crippen LogP contribution is -2.24. The SMILES string of the molecule is Cn1ccc(CC2CNc3ccccc3C2)n1. The number of para-hydroxylation sites is 1. The van der Waals surface area contributed by atoms with Gasteiger partial charge in [-0.05, 0) is 36.5 Å². The number of nitrogens with one attached hydrogen (secondary N) is 1. The molecule has 2 aromatic rings. The number of hydrogen-bond donors (Lipinski definition) is 1. The number of benzene rings is 1. The van der Waals surface area contributed by atoms with Gasteiger partial charge in [0, 0.05) is 25.5 Å². The third-order valence-corrected chi connectivity index (χ3v) is 3.37. The summed E-state index contributed by atoms with van der Waals surface area (Å²) in [5, 5.41) is 7.95. The Labute approximate surface area is 101 Å². The highest BCUT2D eigenvalue weighted by atomic mass is 15.2. The molecule has 0 saturated carbocycles. The molecule has 0 spiro atoms. The fourth-order valence-corrected chi connectivity index (χ4v) is 2.52. The second-order valence-electron chi connectivity index (χ2n) is 4.79. The van der Waals surface area contributed by atoms with Gasteiger partial charge in [0.25, 0.3) is 0 Å². The summed E-state index contributed by atoms with van der Waals surface area (Å²) in [6, 6.07) is 10.7. The van der Waals surface area contributed by atoms with Crippen LogP contribution in [0.4, 0.5) is 5.69 Å². The Bertz CT molecular complexity index is 516. The first-order valence-corrected chi connectivity index (χ1v) is 6.11. The number of aryl methyl sites for hydroxylation is 1. The molecule has 1 atom stereocenters. The average molecular weight is 227 g/mol. The highest BCUT2D eigenvalue weighted by Crippen LogP contribution is 2.25. The highest BCUT2D eigenvalue weighted by Gasteiger charge is 2.18. The maximum absolute atomic E-state index is 4.45. The van der Waals surface area contributed by atoms with Crippen molar-refractivity contribution in [3.05, 3.63) is 47.8 Å². The van der Waals surface area contributed by atoms with Crippen molar-refractivity contribution in [1.29, 1.82) is 0 Å². The number of anilines is 1. The predicted octanol–water partition coefficient (Wildman–Crippen LogP) is 2.25. The number of hydrogen-bond acceptors (Lipinski definition) is 2. The van der Waals surface area contributed by atoms with Crippen LogP contribution in [0.1, 0.15) is 11.3 Å². The zero-order valence-electron chi connectivity index (χ0n) is 10.1. The Morgan fingerprint density at radius 3 is 3.06 bits per heavy atom. The van der Waals surface area contributed by atoms with E-state index in [-0.39, 0.29) is 0 Å². The van der Waals surface area contributed by atoms with E-state index in [1.165, 1.54) is 16.9 Å². The van der Waals surface area contributed by atoms with Crippen molar-refractivity contribution in [2.45, 2.75) is 12.8 Å². The molecule has 1 unspecified atom stereocenters. The van der Waals surface area contributed by atoms with E-state index >= 15 is 0 Å². The minimum absolute atomic E-state index is 0.653. The van der Waals surface area contributed by atoms with Gasteiger partial charge in [-0.25, -0.2) is 0 Å². The van der Waals surface area contributed by atoms with Gasteiger partial charge >= 0.3 is 0 Å². The van der Waals surface area contributed by atoms with Crippen LogP contribution in [0.5, 0.6) is 0 Å². The molecule has 3 nitrogen and oxygen atoms in total. The molecule has 0 aliphatic carbocycles. The van der Waals surface area contributed by atoms with E-state index in [1.807, 2.05) is 17.9 Å². The van der Waals surface area contributed by atoms with Crippen LogP contribution in [0.2, 0.25) is 0 Å². The van der Waals surface area contributed by atoms with Gasteiger partial charge in [-0.1, -0.05) is 18.2 Å². The van der Waals surface area contributed by atoms with Gasteiger partial charge in [0.1, 0.15) is 0 Å². The van der Waals surface area contributed by atoms with E-state index in [1.54, 1.807) is 0 Å². The molecule has 1 aliphatic rings. The van der Waals surface area contributed by atoms with Crippen molar-refractivity contribution in [2.75, 3.05) is 11.9 Å². The smallest absolute Gasteiger partial charge is 0.0628 e. The summed E-state index contributed by atoms with van der Waals surface area (Å²) in [4.78, 5) is 0. The lowest BCUT2D eigenvalue weighted by molar-refractivity contribution is 0.524. The zero-order chi connectivity index (χ0) is 11.7. The van der Waals surface area contributed by atoms with E-state index < -0.39 is 0 Å². The van der Waals surface area contributed by atoms with Crippen LogP contribution in [0.3, 0.4) is 0 Å². The molecule has 2 heterocycles. The molecule has 0 fully saturated rings. The van der Waals surface area contributed by atoms with Crippen LogP contribution >= 0.6 is 0 Å². The Kier molecular flexibility index (Phi) is 2.59. The van der Waals surface area contributed by atoms with Gasteiger partial charge in [-0.15, -0.1) is 0 Å². The molecule has 0 saturated heterocycles. The predicted molar refractivity (Wildman–Crippen MR) is 69.0 cm³/mol. The Balaban J connectivity index is 1.72. The summed E-state index contributed by atoms with van der Waals surface area (Å²) in [7, 11) is 1.97. The molecule has 3 rings (SSSR count). The molecule has 88 valence electrons. The standard InChI is InChI=1S/C14H17N3/c1-17-7-6-13(16-17)9-11-8-12-4-2-3-5-14(12)15-10-11/h2-7,11,15H,8-10H2,1H3. The third-order valence-electron chi connectivity index (χ3n) is 3.37. The maximum atomic E-state index is 4.45. The van der Waals surface area contributed by atoms with E-state index in [2.05, 4.69) is 40.7 Å². The normalized spacial score (nSPS) is 18.5. The van der Waals surface area contributed by atoms with Crippen LogP contribution in [0.25, 0.3) is 0 Å². The average Bonchev–Trinajstić information content (AvgIpc) is 2.75. The fourth-order valence-electron chi connectivity index (χ4n) is 2.52. The topological polar surface area (TPSA) is 29.9 Å². The molecule has 0 radical (unpaired) electrons. The third kappa shape index (κ3) is 2.18. The van der Waals surface area contributed by atoms with Gasteiger partial charge in [0.05, 0.1) is 5.69 Å². The van der Waals surface area contributed by atoms with E-state index in [0.717, 1.165) is 19.4 Å². The summed E-state index contributed by atoms with van der Waals surface area (Å²) >= 11 is 0. The molecule has 1 aromatic carbocycles. The van der Waals surface area contributed by atoms with Gasteiger partial charge < -0.3 is 5.32 Å². The van der Waals surface area contributed by atoms with Crippen molar-refractivity contribution in [3.63, 3.8) is 0 Å². The summed E-state index contributed by atoms with van der Waals surface area (Å²) < 4.78 is 1.87. The van der Waals surface area contributed by atoms with Crippen LogP contribution < -0.4 is 5.32 Å². The van der Waals surface area contributed by atoms with E-state index in [9.17, 15) is 0 Å². The van der Waals surface area contributed by atoms with Crippen molar-refractivity contribution < 1.29 is 0 Å². The van der Waals surface area contributed by atoms with E-state index in [4.69, 9.17) is 0 Å². The Morgan fingerprint density at radius 1 is 1.35 bits per heavy atom. The largest absolute Gasteiger partial charge is 0.385 e. The Morgan fingerprint density at radius 2 is 2.24 bits per heavy atom. The van der Waals surface area contributed by atoms with Crippen molar-refractivity contribution in [1.82, 2.24) is 9.78 Å². The number of aromatic nitrogens is 2. The monoisotopic (exact) mass is 227 g/mol. The van der Waals surface area contributed by atoms with Crippen molar-refractivity contribution >= 4 is 5.69 Å². The van der Waals surface area contributed by atoms with Gasteiger partial charge in [-0.3, -0.25) is 4.68 Å². The molecule has 0 bridgehead atoms. The van der Waals surface area contributed by atoms with Crippen LogP contribution in [-0.4, -0.2) is 16.3 Å². The molecule has 1 aromatic heterocycles. The summed E-state index contributed by atoms with van der Waals surface area (Å²) in [6.07, 6.45) is 4.22. The minimum atomic E-state index is 0.653. The second kappa shape index (κ2) is 4.24. The van der Waals surface area contributed by atoms with Crippen LogP contribution in [0, 0.1) is 5.92 Å². The van der Waals surface area contributed by atoms with Crippen molar-refractivity contribution in [3.8, 4) is 0 Å². The quantitative estimate of drug-likeness (QED) is 0.852. The first-order valence-electron chi connectivity index (χ1n) is 6.11. The van der Waals surface area contributed by atoms with E-state index in [0.29, 0.717) is 5.92 Å². The molecule has 17 heavy (non-hydrogen) atoms. The molecular formula is C14H17N3. The van der Waals surface area contributed by atoms with Gasteiger partial charge in [0.2, 0.25) is 0 Å². The van der Waals surface area contributed by atoms with Gasteiger partial charge in [0.15, 0.2) is 0 Å². The lowest BCUT2D eigenvalue weighted by Gasteiger charge is -2.25. The van der Waals surface area contributed by atoms with Crippen LogP contribution in [0.15, 0.2) is 36.5 Å². The molecular weight excluding hydrogens is 210 g/mol. The first kappa shape index (κ1) is 10.4. The molecule has 3 heteroatoms. The number of fused-ring (bicyclic) bond motifs is 1. The number of rotatable bonds is 2. The molecule has 1 N–H and O–H groups in total. The summed E-state index contributed by atoms with van der Waals surface area (Å²) in [5.74, 6) is 0.653. The maximum Gasteiger partial charge on any atom is 0.0628 e. The van der Waals surface area contributed by atoms with Gasteiger partial charge in [-0.2, -0.15) is 5.10 Å². The minimum Gasteiger partial charge on any atom is -0.385 e.